The molecule has 0 radical (unpaired) electrons. The van der Waals surface area contributed by atoms with Crippen LogP contribution in [0.15, 0.2) is 54.6 Å². The highest BCUT2D eigenvalue weighted by molar-refractivity contribution is 7.09. The summed E-state index contributed by atoms with van der Waals surface area (Å²) in [5.74, 6) is 0.104. The second kappa shape index (κ2) is 9.47. The van der Waals surface area contributed by atoms with Gasteiger partial charge in [-0.15, -0.1) is 36.2 Å². The smallest absolute Gasteiger partial charge is 0.254 e. The van der Waals surface area contributed by atoms with Crippen molar-refractivity contribution in [1.29, 1.82) is 0 Å². The van der Waals surface area contributed by atoms with Crippen LogP contribution in [0.5, 0.6) is 0 Å². The summed E-state index contributed by atoms with van der Waals surface area (Å²) in [6.45, 7) is 2.70. The van der Waals surface area contributed by atoms with E-state index in [1.165, 1.54) is 0 Å². The minimum Gasteiger partial charge on any atom is -0.328 e. The number of rotatable bonds is 5. The summed E-state index contributed by atoms with van der Waals surface area (Å²) in [7, 11) is 0. The number of amides is 1. The molecule has 3 aromatic rings. The third kappa shape index (κ3) is 4.39. The Morgan fingerprint density at radius 3 is 2.60 bits per heavy atom. The van der Waals surface area contributed by atoms with Crippen molar-refractivity contribution in [1.82, 2.24) is 24.8 Å². The highest BCUT2D eigenvalue weighted by atomic mass is 35.5. The molecule has 1 saturated heterocycles. The summed E-state index contributed by atoms with van der Waals surface area (Å²) in [5.41, 5.74) is 2.03. The van der Waals surface area contributed by atoms with E-state index in [-0.39, 0.29) is 30.7 Å². The Hall–Kier alpha value is -1.93. The molecule has 1 unspecified atom stereocenters. The SMILES string of the molecule is Cl.Cl.O=C(c1ccc(-n2ccnc2)cc1)N(Cc1nccs1)C1CC12CCNCC2. The average molecular weight is 466 g/mol. The van der Waals surface area contributed by atoms with Crippen molar-refractivity contribution >= 4 is 42.1 Å². The van der Waals surface area contributed by atoms with Gasteiger partial charge in [-0.3, -0.25) is 4.79 Å². The molecule has 1 aliphatic heterocycles. The Balaban J connectivity index is 0.00000128. The molecule has 6 nitrogen and oxygen atoms in total. The number of benzene rings is 1. The van der Waals surface area contributed by atoms with Crippen LogP contribution in [-0.2, 0) is 6.54 Å². The molecule has 2 fully saturated rings. The summed E-state index contributed by atoms with van der Waals surface area (Å²) in [6, 6.07) is 8.11. The van der Waals surface area contributed by atoms with Gasteiger partial charge in [-0.05, 0) is 62.0 Å². The number of nitrogens with one attached hydrogen (secondary N) is 1. The van der Waals surface area contributed by atoms with Gasteiger partial charge in [0.05, 0.1) is 12.9 Å². The molecule has 1 amide bonds. The molecule has 3 heterocycles. The fourth-order valence-electron chi connectivity index (χ4n) is 4.38. The van der Waals surface area contributed by atoms with Crippen LogP contribution < -0.4 is 5.32 Å². The first-order valence-corrected chi connectivity index (χ1v) is 10.6. The molecule has 9 heteroatoms. The first-order chi connectivity index (χ1) is 13.8. The Bertz CT molecular complexity index is 940. The number of nitrogens with zero attached hydrogens (tertiary/aromatic N) is 4. The first-order valence-electron chi connectivity index (χ1n) is 9.74. The molecule has 0 bridgehead atoms. The third-order valence-corrected chi connectivity index (χ3v) is 6.85. The van der Waals surface area contributed by atoms with Crippen molar-refractivity contribution < 1.29 is 4.79 Å². The van der Waals surface area contributed by atoms with Crippen LogP contribution in [0.25, 0.3) is 5.69 Å². The lowest BCUT2D eigenvalue weighted by Crippen LogP contribution is -2.39. The molecule has 5 rings (SSSR count). The summed E-state index contributed by atoms with van der Waals surface area (Å²) in [4.78, 5) is 24.0. The van der Waals surface area contributed by atoms with E-state index in [2.05, 4.69) is 20.2 Å². The van der Waals surface area contributed by atoms with Gasteiger partial charge < -0.3 is 14.8 Å². The van der Waals surface area contributed by atoms with Gasteiger partial charge >= 0.3 is 0 Å². The maximum atomic E-state index is 13.4. The molecule has 1 spiro atoms. The molecule has 2 aliphatic rings. The van der Waals surface area contributed by atoms with E-state index >= 15 is 0 Å². The van der Waals surface area contributed by atoms with E-state index in [9.17, 15) is 4.79 Å². The molecule has 30 heavy (non-hydrogen) atoms. The lowest BCUT2D eigenvalue weighted by atomic mass is 9.93. The summed E-state index contributed by atoms with van der Waals surface area (Å²) in [6.07, 6.45) is 10.6. The fourth-order valence-corrected chi connectivity index (χ4v) is 5.00. The minimum absolute atomic E-state index is 0. The van der Waals surface area contributed by atoms with Crippen molar-refractivity contribution in [3.8, 4) is 5.69 Å². The van der Waals surface area contributed by atoms with Gasteiger partial charge in [-0.2, -0.15) is 0 Å². The molecule has 1 saturated carbocycles. The van der Waals surface area contributed by atoms with Gasteiger partial charge in [0.15, 0.2) is 0 Å². The zero-order valence-electron chi connectivity index (χ0n) is 16.4. The maximum Gasteiger partial charge on any atom is 0.254 e. The Morgan fingerprint density at radius 1 is 1.20 bits per heavy atom. The quantitative estimate of drug-likeness (QED) is 0.619. The second-order valence-corrected chi connectivity index (χ2v) is 8.69. The lowest BCUT2D eigenvalue weighted by Gasteiger charge is -2.29. The number of hydrogen-bond acceptors (Lipinski definition) is 5. The van der Waals surface area contributed by atoms with Crippen LogP contribution in [0.4, 0.5) is 0 Å². The number of piperidine rings is 1. The highest BCUT2D eigenvalue weighted by Gasteiger charge is 2.57. The van der Waals surface area contributed by atoms with Crippen LogP contribution in [0, 0.1) is 5.41 Å². The van der Waals surface area contributed by atoms with E-state index in [1.54, 1.807) is 23.9 Å². The van der Waals surface area contributed by atoms with E-state index < -0.39 is 0 Å². The van der Waals surface area contributed by atoms with Crippen molar-refractivity contribution in [3.63, 3.8) is 0 Å². The van der Waals surface area contributed by atoms with Crippen LogP contribution in [0.3, 0.4) is 0 Å². The molecule has 2 aromatic heterocycles. The Kier molecular flexibility index (Phi) is 7.18. The van der Waals surface area contributed by atoms with E-state index in [0.29, 0.717) is 18.0 Å². The molecular weight excluding hydrogens is 441 g/mol. The van der Waals surface area contributed by atoms with Gasteiger partial charge in [-0.25, -0.2) is 9.97 Å². The van der Waals surface area contributed by atoms with Gasteiger partial charge in [0.1, 0.15) is 5.01 Å². The van der Waals surface area contributed by atoms with Crippen molar-refractivity contribution in [2.24, 2.45) is 5.41 Å². The van der Waals surface area contributed by atoms with E-state index in [4.69, 9.17) is 0 Å². The average Bonchev–Trinajstić information content (AvgIpc) is 3.18. The van der Waals surface area contributed by atoms with Gasteiger partial charge in [0.25, 0.3) is 5.91 Å². The normalized spacial score (nSPS) is 18.9. The molecule has 160 valence electrons. The second-order valence-electron chi connectivity index (χ2n) is 7.71. The van der Waals surface area contributed by atoms with Crippen molar-refractivity contribution in [2.75, 3.05) is 13.1 Å². The summed E-state index contributed by atoms with van der Waals surface area (Å²) >= 11 is 1.62. The number of thiazole rings is 1. The number of aromatic nitrogens is 3. The zero-order valence-corrected chi connectivity index (χ0v) is 18.9. The van der Waals surface area contributed by atoms with Crippen LogP contribution in [-0.4, -0.2) is 44.5 Å². The van der Waals surface area contributed by atoms with E-state index in [1.807, 2.05) is 46.6 Å². The lowest BCUT2D eigenvalue weighted by molar-refractivity contribution is 0.0692. The van der Waals surface area contributed by atoms with E-state index in [0.717, 1.165) is 48.6 Å². The predicted octanol–water partition coefficient (Wildman–Crippen LogP) is 3.96. The molecular formula is C21H25Cl2N5OS. The summed E-state index contributed by atoms with van der Waals surface area (Å²) in [5, 5.41) is 6.42. The van der Waals surface area contributed by atoms with Gasteiger partial charge in [0, 0.05) is 41.3 Å². The van der Waals surface area contributed by atoms with Crippen molar-refractivity contribution in [2.45, 2.75) is 31.8 Å². The molecule has 1 aromatic carbocycles. The van der Waals surface area contributed by atoms with Gasteiger partial charge in [0.2, 0.25) is 0 Å². The summed E-state index contributed by atoms with van der Waals surface area (Å²) < 4.78 is 1.94. The molecule has 1 atom stereocenters. The number of hydrogen-bond donors (Lipinski definition) is 1. The minimum atomic E-state index is 0. The third-order valence-electron chi connectivity index (χ3n) is 6.09. The van der Waals surface area contributed by atoms with Crippen LogP contribution in [0.1, 0.15) is 34.6 Å². The number of imidazole rings is 1. The monoisotopic (exact) mass is 465 g/mol. The molecule has 1 aliphatic carbocycles. The topological polar surface area (TPSA) is 63.1 Å². The number of halogens is 2. The number of carbonyl (C=O) groups excluding carboxylic acids is 1. The van der Waals surface area contributed by atoms with Gasteiger partial charge in [-0.1, -0.05) is 0 Å². The first kappa shape index (κ1) is 22.7. The highest BCUT2D eigenvalue weighted by Crippen LogP contribution is 2.56. The largest absolute Gasteiger partial charge is 0.328 e. The van der Waals surface area contributed by atoms with Crippen LogP contribution in [0.2, 0.25) is 0 Å². The fraction of sp³-hybridized carbons (Fsp3) is 0.381. The standard InChI is InChI=1S/C21H23N5OS.2ClH/c27-20(16-1-3-17(4-2-16)25-11-9-23-15-25)26(14-19-24-10-12-28-19)18-13-21(18)5-7-22-8-6-21;;/h1-4,9-12,15,18,22H,5-8,13-14H2;2*1H. The maximum absolute atomic E-state index is 13.4. The zero-order chi connectivity index (χ0) is 19.0. The van der Waals surface area contributed by atoms with Crippen molar-refractivity contribution in [3.05, 3.63) is 65.1 Å². The Labute approximate surface area is 192 Å². The molecule has 1 N–H and O–H groups in total. The predicted molar refractivity (Wildman–Crippen MR) is 123 cm³/mol. The number of carbonyl (C=O) groups is 1. The van der Waals surface area contributed by atoms with Crippen LogP contribution >= 0.6 is 36.2 Å². The Morgan fingerprint density at radius 2 is 1.97 bits per heavy atom.